The number of rotatable bonds is 13. The smallest absolute Gasteiger partial charge is 0.408 e. The van der Waals surface area contributed by atoms with E-state index in [4.69, 9.17) is 25.1 Å². The number of Topliss-reactive ketones (excluding diaryl/α,β-unsaturated/α-hetero) is 1. The number of benzene rings is 3. The summed E-state index contributed by atoms with van der Waals surface area (Å²) in [5.41, 5.74) is 6.29. The first-order valence-electron chi connectivity index (χ1n) is 24.0. The number of aromatic nitrogens is 2. The van der Waals surface area contributed by atoms with E-state index in [1.165, 1.54) is 25.1 Å². The first kappa shape index (κ1) is 80.2. The lowest BCUT2D eigenvalue weighted by Gasteiger charge is -2.23. The van der Waals surface area contributed by atoms with Crippen LogP contribution in [0.3, 0.4) is 0 Å². The molecule has 0 spiro atoms. The van der Waals surface area contributed by atoms with E-state index in [0.717, 1.165) is 0 Å². The van der Waals surface area contributed by atoms with Crippen LogP contribution >= 0.6 is 47.8 Å². The number of nitrogens with zero attached hydrogens (tertiary/aromatic N) is 2. The Morgan fingerprint density at radius 3 is 1.39 bits per heavy atom. The van der Waals surface area contributed by atoms with Gasteiger partial charge in [0.2, 0.25) is 0 Å². The first-order valence-corrected chi connectivity index (χ1v) is 26.3. The summed E-state index contributed by atoms with van der Waals surface area (Å²) < 4.78 is 60.8. The highest BCUT2D eigenvalue weighted by Gasteiger charge is 2.26. The first-order chi connectivity index (χ1) is 34.1. The number of ketones is 1. The molecule has 0 aliphatic heterocycles. The number of carboxylic acids is 1. The number of hydrogen-bond donors (Lipinski definition) is 7. The molecule has 3 aromatic carbocycles. The summed E-state index contributed by atoms with van der Waals surface area (Å²) in [5.74, 6) is -2.09. The third-order valence-electron chi connectivity index (χ3n) is 9.19. The average Bonchev–Trinajstić information content (AvgIpc) is 3.59. The van der Waals surface area contributed by atoms with E-state index >= 15 is 0 Å². The molecule has 1 heterocycles. The molecule has 0 aliphatic rings. The van der Waals surface area contributed by atoms with E-state index < -0.39 is 76.6 Å². The molecule has 8 N–H and O–H groups in total. The number of carbonyl (C=O) groups is 5. The van der Waals surface area contributed by atoms with Crippen molar-refractivity contribution in [3.05, 3.63) is 78.7 Å². The van der Waals surface area contributed by atoms with Gasteiger partial charge < -0.3 is 56.2 Å². The fraction of sp³-hybridized carbons (Fsp3) is 0.571. The standard InChI is InChI=1S/C18H26BrFN2O3.C17H23BrFN3O2.C9H12BrFN2.C8H15NO4.4CH4/c1-10(2)21-15-8-12(19)7-14(20)13(15)9-16(23)11(3)22-17(24)25-18(4,5)6;1-9(2)22-13-8-11(18)7-12(19)14(13)21-15(22)10(3)20-16(23)24-17(4,5)6;1-5(2)13-8-4-6(10)3-7(11)9(8)12;1-5(6(10)11)9-7(12)13-8(2,3)4;;;;/h7-8,10-11,21H,9H2,1-6H3,(H,22,24);7-10H,1-6H3,(H,20,23);3-5,13H,12H2,1-2H3;5H,1-4H3,(H,9,12)(H,10,11);4*1H4. The second-order valence-corrected chi connectivity index (χ2v) is 23.9. The Labute approximate surface area is 494 Å². The van der Waals surface area contributed by atoms with E-state index in [-0.39, 0.29) is 71.3 Å². The van der Waals surface area contributed by atoms with E-state index in [1.807, 2.05) is 52.2 Å². The molecule has 23 heteroatoms. The van der Waals surface area contributed by atoms with Crippen LogP contribution in [0, 0.1) is 17.5 Å². The van der Waals surface area contributed by atoms with Crippen molar-refractivity contribution in [2.75, 3.05) is 16.4 Å². The molecule has 79 heavy (non-hydrogen) atoms. The summed E-state index contributed by atoms with van der Waals surface area (Å²) in [6.45, 7) is 32.2. The largest absolute Gasteiger partial charge is 0.480 e. The van der Waals surface area contributed by atoms with Crippen LogP contribution in [0.4, 0.5) is 44.6 Å². The maximum absolute atomic E-state index is 14.3. The van der Waals surface area contributed by atoms with Gasteiger partial charge in [0.05, 0.1) is 29.0 Å². The number of amides is 3. The van der Waals surface area contributed by atoms with E-state index in [2.05, 4.69) is 79.4 Å². The molecular weight excluding hydrogens is 1230 g/mol. The summed E-state index contributed by atoms with van der Waals surface area (Å²) in [6.07, 6.45) is -2.06. The van der Waals surface area contributed by atoms with Gasteiger partial charge in [-0.1, -0.05) is 77.5 Å². The van der Waals surface area contributed by atoms with E-state index in [0.29, 0.717) is 41.7 Å². The van der Waals surface area contributed by atoms with E-state index in [1.54, 1.807) is 88.3 Å². The topological polar surface area (TPSA) is 237 Å². The minimum atomic E-state index is -1.09. The van der Waals surface area contributed by atoms with E-state index in [9.17, 15) is 37.1 Å². The second kappa shape index (κ2) is 34.8. The van der Waals surface area contributed by atoms with Crippen molar-refractivity contribution in [3.63, 3.8) is 0 Å². The molecule has 452 valence electrons. The molecule has 4 rings (SSSR count). The van der Waals surface area contributed by atoms with Gasteiger partial charge in [0.25, 0.3) is 0 Å². The Hall–Kier alpha value is -5.29. The fourth-order valence-electron chi connectivity index (χ4n) is 6.21. The minimum Gasteiger partial charge on any atom is -0.480 e. The number of ether oxygens (including phenoxy) is 3. The quantitative estimate of drug-likeness (QED) is 0.0488. The van der Waals surface area contributed by atoms with Crippen LogP contribution in [0.1, 0.15) is 178 Å². The summed E-state index contributed by atoms with van der Waals surface area (Å²) in [6, 6.07) is 7.60. The molecule has 3 amide bonds. The number of carbonyl (C=O) groups excluding carboxylic acids is 4. The van der Waals surface area contributed by atoms with Crippen molar-refractivity contribution >= 4 is 106 Å². The molecule has 0 bridgehead atoms. The van der Waals surface area contributed by atoms with Gasteiger partial charge in [-0.05, 0) is 161 Å². The van der Waals surface area contributed by atoms with Crippen molar-refractivity contribution in [2.45, 2.75) is 214 Å². The third-order valence-corrected chi connectivity index (χ3v) is 10.6. The van der Waals surface area contributed by atoms with Gasteiger partial charge >= 0.3 is 24.2 Å². The fourth-order valence-corrected chi connectivity index (χ4v) is 7.49. The average molecular weight is 1320 g/mol. The van der Waals surface area contributed by atoms with Gasteiger partial charge in [0.1, 0.15) is 45.8 Å². The van der Waals surface area contributed by atoms with Gasteiger partial charge in [-0.25, -0.2) is 32.5 Å². The van der Waals surface area contributed by atoms with Gasteiger partial charge in [-0.2, -0.15) is 0 Å². The maximum atomic E-state index is 14.3. The molecule has 0 radical (unpaired) electrons. The number of hydrogen-bond acceptors (Lipinski definition) is 12. The van der Waals surface area contributed by atoms with Crippen molar-refractivity contribution in [1.29, 1.82) is 0 Å². The lowest BCUT2D eigenvalue weighted by molar-refractivity contribution is -0.139. The Morgan fingerprint density at radius 2 is 0.975 bits per heavy atom. The zero-order chi connectivity index (χ0) is 58.2. The highest BCUT2D eigenvalue weighted by atomic mass is 79.9. The van der Waals surface area contributed by atoms with Crippen molar-refractivity contribution in [1.82, 2.24) is 25.5 Å². The van der Waals surface area contributed by atoms with Gasteiger partial charge in [0, 0.05) is 49.2 Å². The van der Waals surface area contributed by atoms with Crippen LogP contribution in [0.15, 0.2) is 49.8 Å². The minimum absolute atomic E-state index is 0. The molecule has 0 fully saturated rings. The Morgan fingerprint density at radius 1 is 0.595 bits per heavy atom. The summed E-state index contributed by atoms with van der Waals surface area (Å²) in [7, 11) is 0. The summed E-state index contributed by atoms with van der Waals surface area (Å²) in [4.78, 5) is 61.9. The predicted octanol–water partition coefficient (Wildman–Crippen LogP) is 16.1. The molecule has 0 saturated heterocycles. The third kappa shape index (κ3) is 30.2. The maximum Gasteiger partial charge on any atom is 0.408 e. The monoisotopic (exact) mass is 1310 g/mol. The van der Waals surface area contributed by atoms with Gasteiger partial charge in [0.15, 0.2) is 11.6 Å². The lowest BCUT2D eigenvalue weighted by atomic mass is 10.0. The zero-order valence-corrected chi connectivity index (χ0v) is 50.8. The zero-order valence-electron chi connectivity index (χ0n) is 46.1. The van der Waals surface area contributed by atoms with Crippen LogP contribution in [-0.2, 0) is 30.2 Å². The number of nitrogens with one attached hydrogen (secondary N) is 5. The molecule has 17 nitrogen and oxygen atoms in total. The number of fused-ring (bicyclic) bond motifs is 1. The van der Waals surface area contributed by atoms with Gasteiger partial charge in [-0.3, -0.25) is 9.59 Å². The van der Waals surface area contributed by atoms with Gasteiger partial charge in [-0.15, -0.1) is 0 Å². The highest BCUT2D eigenvalue weighted by molar-refractivity contribution is 9.11. The van der Waals surface area contributed by atoms with Crippen molar-refractivity contribution in [2.24, 2.45) is 0 Å². The number of aliphatic carboxylic acids is 1. The molecule has 0 aliphatic carbocycles. The SMILES string of the molecule is C.C.C.C.CC(C)Nc1cc(Br)cc(F)c1CC(=O)C(C)NC(=O)OC(C)(C)C.CC(C)Nc1cc(Br)cc(F)c1N.CC(NC(=O)OC(C)(C)C)C(=O)O.CC(NC(=O)OC(C)(C)C)c1nc2c(F)cc(Br)cc2n1C(C)C. The Kier molecular flexibility index (Phi) is 35.3. The van der Waals surface area contributed by atoms with Crippen LogP contribution in [0.25, 0.3) is 11.0 Å². The molecule has 4 aromatic rings. The number of nitrogens with two attached hydrogens (primary N) is 1. The Bertz CT molecular complexity index is 2600. The van der Waals surface area contributed by atoms with Crippen LogP contribution < -0.4 is 32.3 Å². The summed E-state index contributed by atoms with van der Waals surface area (Å²) in [5, 5.41) is 22.1. The number of anilines is 3. The van der Waals surface area contributed by atoms with Crippen molar-refractivity contribution < 1.29 is 56.5 Å². The number of carboxylic acid groups (broad SMARTS) is 1. The number of halogens is 6. The highest BCUT2D eigenvalue weighted by Crippen LogP contribution is 2.31. The predicted molar refractivity (Wildman–Crippen MR) is 327 cm³/mol. The number of nitrogen functional groups attached to an aromatic ring is 1. The normalized spacial score (nSPS) is 12.0. The second-order valence-electron chi connectivity index (χ2n) is 21.1. The number of imidazole rings is 1. The molecular formula is C56H92Br3F3N8O9. The van der Waals surface area contributed by atoms with Crippen molar-refractivity contribution in [3.8, 4) is 0 Å². The Balaban J connectivity index is -0.000000486. The van der Waals surface area contributed by atoms with Crippen LogP contribution in [0.2, 0.25) is 0 Å². The van der Waals surface area contributed by atoms with Crippen LogP contribution in [0.5, 0.6) is 0 Å². The lowest BCUT2D eigenvalue weighted by Crippen LogP contribution is -2.42. The molecule has 3 unspecified atom stereocenters. The molecule has 0 saturated carbocycles. The van der Waals surface area contributed by atoms with Crippen LogP contribution in [-0.4, -0.2) is 85.7 Å². The molecule has 1 aromatic heterocycles. The number of alkyl carbamates (subject to hydrolysis) is 3. The molecule has 3 atom stereocenters. The summed E-state index contributed by atoms with van der Waals surface area (Å²) >= 11 is 9.77.